The summed E-state index contributed by atoms with van der Waals surface area (Å²) in [6, 6.07) is 21.5. The summed E-state index contributed by atoms with van der Waals surface area (Å²) in [5, 5.41) is 7.16. The third-order valence-corrected chi connectivity index (χ3v) is 4.93. The molecule has 1 unspecified atom stereocenters. The summed E-state index contributed by atoms with van der Waals surface area (Å²) in [7, 11) is 0. The van der Waals surface area contributed by atoms with E-state index in [0.29, 0.717) is 0 Å². The molecule has 0 fully saturated rings. The van der Waals surface area contributed by atoms with E-state index in [1.807, 2.05) is 6.92 Å². The molecule has 128 valence electrons. The van der Waals surface area contributed by atoms with Crippen molar-refractivity contribution in [2.45, 2.75) is 20.0 Å². The van der Waals surface area contributed by atoms with Gasteiger partial charge in [-0.1, -0.05) is 42.0 Å². The van der Waals surface area contributed by atoms with Gasteiger partial charge in [-0.25, -0.2) is 4.98 Å². The number of fused-ring (bicyclic) bond motifs is 2. The number of imidazole rings is 1. The van der Waals surface area contributed by atoms with Crippen molar-refractivity contribution in [3.05, 3.63) is 77.6 Å². The summed E-state index contributed by atoms with van der Waals surface area (Å²) >= 11 is 0. The van der Waals surface area contributed by atoms with Crippen molar-refractivity contribution < 1.29 is 0 Å². The van der Waals surface area contributed by atoms with E-state index in [-0.39, 0.29) is 6.17 Å². The van der Waals surface area contributed by atoms with Gasteiger partial charge in [0, 0.05) is 0 Å². The lowest BCUT2D eigenvalue weighted by molar-refractivity contribution is 0.939. The summed E-state index contributed by atoms with van der Waals surface area (Å²) < 4.78 is 0. The molecule has 4 nitrogen and oxygen atoms in total. The Morgan fingerprint density at radius 3 is 2.50 bits per heavy atom. The number of H-pyrrole nitrogens is 1. The largest absolute Gasteiger partial charge is 0.360 e. The van der Waals surface area contributed by atoms with E-state index in [0.717, 1.165) is 28.2 Å². The van der Waals surface area contributed by atoms with Gasteiger partial charge in [-0.2, -0.15) is 0 Å². The fraction of sp³-hybridized carbons (Fsp3) is 0.136. The molecule has 1 aliphatic rings. The topological polar surface area (TPSA) is 52.7 Å². The standard InChI is InChI=1S/C22H20N4/c1-13-4-3-5-17(10-13)22-25-19-9-7-16(12-21(19)26-22)15-6-8-18-20(11-15)24-14(2)23-18/h3-12,22,25-26H,1-2H3,(H,23,24). The van der Waals surface area contributed by atoms with Gasteiger partial charge in [0.25, 0.3) is 0 Å². The Morgan fingerprint density at radius 1 is 0.808 bits per heavy atom. The molecule has 1 aromatic heterocycles. The van der Waals surface area contributed by atoms with Crippen molar-refractivity contribution in [3.8, 4) is 11.1 Å². The Morgan fingerprint density at radius 2 is 1.62 bits per heavy atom. The molecule has 0 spiro atoms. The third-order valence-electron chi connectivity index (χ3n) is 4.93. The number of nitrogens with one attached hydrogen (secondary N) is 3. The van der Waals surface area contributed by atoms with Crippen molar-refractivity contribution in [2.75, 3.05) is 10.6 Å². The summed E-state index contributed by atoms with van der Waals surface area (Å²) in [4.78, 5) is 7.79. The van der Waals surface area contributed by atoms with E-state index in [4.69, 9.17) is 0 Å². The molecule has 0 bridgehead atoms. The Bertz CT molecular complexity index is 1130. The van der Waals surface area contributed by atoms with Crippen LogP contribution in [0.15, 0.2) is 60.7 Å². The van der Waals surface area contributed by atoms with E-state index in [1.165, 1.54) is 22.3 Å². The van der Waals surface area contributed by atoms with Gasteiger partial charge in [0.15, 0.2) is 0 Å². The van der Waals surface area contributed by atoms with Gasteiger partial charge < -0.3 is 15.6 Å². The van der Waals surface area contributed by atoms with Crippen molar-refractivity contribution in [1.29, 1.82) is 0 Å². The van der Waals surface area contributed by atoms with Crippen LogP contribution in [0.4, 0.5) is 11.4 Å². The van der Waals surface area contributed by atoms with Gasteiger partial charge in [-0.05, 0) is 54.8 Å². The average molecular weight is 340 g/mol. The molecule has 5 rings (SSSR count). The fourth-order valence-corrected chi connectivity index (χ4v) is 3.65. The highest BCUT2D eigenvalue weighted by Gasteiger charge is 2.21. The van der Waals surface area contributed by atoms with E-state index in [2.05, 4.69) is 88.2 Å². The SMILES string of the molecule is Cc1cccc(C2Nc3ccc(-c4ccc5nc(C)[nH]c5c4)cc3N2)c1. The lowest BCUT2D eigenvalue weighted by Gasteiger charge is -2.13. The van der Waals surface area contributed by atoms with Crippen LogP contribution in [0.2, 0.25) is 0 Å². The molecule has 0 saturated carbocycles. The second-order valence-corrected chi connectivity index (χ2v) is 6.95. The molecule has 4 aromatic rings. The predicted octanol–water partition coefficient (Wildman–Crippen LogP) is 5.38. The number of aromatic nitrogens is 2. The van der Waals surface area contributed by atoms with Crippen LogP contribution in [0.5, 0.6) is 0 Å². The summed E-state index contributed by atoms with van der Waals surface area (Å²) in [6.07, 6.45) is 0.109. The van der Waals surface area contributed by atoms with Crippen molar-refractivity contribution in [3.63, 3.8) is 0 Å². The molecule has 0 aliphatic carbocycles. The van der Waals surface area contributed by atoms with E-state index in [1.54, 1.807) is 0 Å². The van der Waals surface area contributed by atoms with Crippen molar-refractivity contribution in [1.82, 2.24) is 9.97 Å². The normalized spacial score (nSPS) is 15.5. The molecule has 0 amide bonds. The molecular formula is C22H20N4. The number of nitrogens with zero attached hydrogens (tertiary/aromatic N) is 1. The molecule has 3 N–H and O–H groups in total. The molecule has 0 radical (unpaired) electrons. The maximum absolute atomic E-state index is 4.48. The summed E-state index contributed by atoms with van der Waals surface area (Å²) in [5.41, 5.74) is 9.24. The highest BCUT2D eigenvalue weighted by Crippen LogP contribution is 2.38. The Labute approximate surface area is 152 Å². The van der Waals surface area contributed by atoms with Crippen LogP contribution in [-0.2, 0) is 0 Å². The number of aryl methyl sites for hydroxylation is 2. The fourth-order valence-electron chi connectivity index (χ4n) is 3.65. The van der Waals surface area contributed by atoms with Gasteiger partial charge in [0.1, 0.15) is 12.0 Å². The summed E-state index contributed by atoms with van der Waals surface area (Å²) in [5.74, 6) is 0.943. The second kappa shape index (κ2) is 5.63. The minimum absolute atomic E-state index is 0.109. The first-order valence-corrected chi connectivity index (χ1v) is 8.86. The average Bonchev–Trinajstić information content (AvgIpc) is 3.22. The van der Waals surface area contributed by atoms with E-state index in [9.17, 15) is 0 Å². The minimum atomic E-state index is 0.109. The van der Waals surface area contributed by atoms with E-state index < -0.39 is 0 Å². The molecule has 0 saturated heterocycles. The Kier molecular flexibility index (Phi) is 3.25. The molecule has 1 atom stereocenters. The highest BCUT2D eigenvalue weighted by molar-refractivity contribution is 5.85. The number of hydrogen-bond acceptors (Lipinski definition) is 3. The molecule has 2 heterocycles. The lowest BCUT2D eigenvalue weighted by atomic mass is 10.0. The number of anilines is 2. The Balaban J connectivity index is 1.48. The van der Waals surface area contributed by atoms with Gasteiger partial charge >= 0.3 is 0 Å². The van der Waals surface area contributed by atoms with Crippen molar-refractivity contribution >= 4 is 22.4 Å². The van der Waals surface area contributed by atoms with Crippen LogP contribution in [0.1, 0.15) is 23.1 Å². The number of rotatable bonds is 2. The maximum atomic E-state index is 4.48. The first kappa shape index (κ1) is 15.0. The van der Waals surface area contributed by atoms with Gasteiger partial charge in [0.05, 0.1) is 22.4 Å². The molecule has 3 aromatic carbocycles. The zero-order valence-corrected chi connectivity index (χ0v) is 14.8. The molecule has 4 heteroatoms. The van der Waals surface area contributed by atoms with E-state index >= 15 is 0 Å². The third kappa shape index (κ3) is 2.51. The van der Waals surface area contributed by atoms with Gasteiger partial charge in [-0.3, -0.25) is 0 Å². The molecular weight excluding hydrogens is 320 g/mol. The number of benzene rings is 3. The highest BCUT2D eigenvalue weighted by atomic mass is 15.2. The first-order valence-electron chi connectivity index (χ1n) is 8.86. The smallest absolute Gasteiger partial charge is 0.123 e. The predicted molar refractivity (Wildman–Crippen MR) is 107 cm³/mol. The second-order valence-electron chi connectivity index (χ2n) is 6.95. The maximum Gasteiger partial charge on any atom is 0.123 e. The van der Waals surface area contributed by atoms with Gasteiger partial charge in [-0.15, -0.1) is 0 Å². The van der Waals surface area contributed by atoms with Crippen LogP contribution in [0, 0.1) is 13.8 Å². The quantitative estimate of drug-likeness (QED) is 0.459. The Hall–Kier alpha value is -3.27. The monoisotopic (exact) mass is 340 g/mol. The number of aromatic amines is 1. The van der Waals surface area contributed by atoms with Crippen LogP contribution in [0.3, 0.4) is 0 Å². The zero-order valence-electron chi connectivity index (χ0n) is 14.8. The molecule has 26 heavy (non-hydrogen) atoms. The minimum Gasteiger partial charge on any atom is -0.360 e. The zero-order chi connectivity index (χ0) is 17.7. The van der Waals surface area contributed by atoms with Gasteiger partial charge in [0.2, 0.25) is 0 Å². The van der Waals surface area contributed by atoms with Crippen LogP contribution < -0.4 is 10.6 Å². The number of hydrogen-bond donors (Lipinski definition) is 3. The van der Waals surface area contributed by atoms with Crippen LogP contribution >= 0.6 is 0 Å². The summed E-state index contributed by atoms with van der Waals surface area (Å²) in [6.45, 7) is 4.10. The van der Waals surface area contributed by atoms with Crippen LogP contribution in [-0.4, -0.2) is 9.97 Å². The van der Waals surface area contributed by atoms with Crippen LogP contribution in [0.25, 0.3) is 22.2 Å². The molecule has 1 aliphatic heterocycles. The lowest BCUT2D eigenvalue weighted by Crippen LogP contribution is -2.11. The van der Waals surface area contributed by atoms with Crippen molar-refractivity contribution in [2.24, 2.45) is 0 Å². The first-order chi connectivity index (χ1) is 12.7.